The lowest BCUT2D eigenvalue weighted by Crippen LogP contribution is -2.28. The van der Waals surface area contributed by atoms with Gasteiger partial charge in [0.15, 0.2) is 0 Å². The van der Waals surface area contributed by atoms with E-state index in [2.05, 4.69) is 0 Å². The van der Waals surface area contributed by atoms with E-state index in [0.29, 0.717) is 19.3 Å². The molecule has 0 saturated heterocycles. The second-order valence-corrected chi connectivity index (χ2v) is 4.62. The lowest BCUT2D eigenvalue weighted by Gasteiger charge is -2.19. The van der Waals surface area contributed by atoms with Gasteiger partial charge in [0.1, 0.15) is 0 Å². The number of carbonyl (C=O) groups is 1. The standard InChI is InChI=1S/C14H16O3/c15-13(16)7-3-4-8-14(17)9-11-5-1-2-6-12(11)10-14/h1-6,17H,7-10H2,(H,15,16)/b4-3+. The van der Waals surface area contributed by atoms with Crippen molar-refractivity contribution < 1.29 is 15.0 Å². The van der Waals surface area contributed by atoms with Crippen LogP contribution >= 0.6 is 0 Å². The fraction of sp³-hybridized carbons (Fsp3) is 0.357. The zero-order chi connectivity index (χ0) is 12.3. The maximum absolute atomic E-state index is 10.4. The van der Waals surface area contributed by atoms with Crippen LogP contribution in [0.3, 0.4) is 0 Å². The number of hydrogen-bond acceptors (Lipinski definition) is 2. The van der Waals surface area contributed by atoms with Crippen LogP contribution in [0.5, 0.6) is 0 Å². The van der Waals surface area contributed by atoms with Crippen LogP contribution in [-0.2, 0) is 17.6 Å². The molecule has 3 heteroatoms. The molecule has 0 atom stereocenters. The Hall–Kier alpha value is -1.61. The van der Waals surface area contributed by atoms with Gasteiger partial charge in [-0.2, -0.15) is 0 Å². The Balaban J connectivity index is 1.95. The molecule has 17 heavy (non-hydrogen) atoms. The largest absolute Gasteiger partial charge is 0.481 e. The van der Waals surface area contributed by atoms with Crippen LogP contribution in [0.4, 0.5) is 0 Å². The summed E-state index contributed by atoms with van der Waals surface area (Å²) < 4.78 is 0. The maximum atomic E-state index is 10.4. The minimum absolute atomic E-state index is 0.0169. The molecule has 0 aliphatic heterocycles. The van der Waals surface area contributed by atoms with Gasteiger partial charge >= 0.3 is 5.97 Å². The smallest absolute Gasteiger partial charge is 0.307 e. The molecule has 0 saturated carbocycles. The Labute approximate surface area is 100 Å². The first-order valence-corrected chi connectivity index (χ1v) is 5.75. The lowest BCUT2D eigenvalue weighted by atomic mass is 9.96. The van der Waals surface area contributed by atoms with Gasteiger partial charge < -0.3 is 10.2 Å². The van der Waals surface area contributed by atoms with Gasteiger partial charge in [-0.1, -0.05) is 36.4 Å². The average Bonchev–Trinajstić information content (AvgIpc) is 2.61. The normalized spacial score (nSPS) is 17.2. The van der Waals surface area contributed by atoms with Crippen LogP contribution in [0.15, 0.2) is 36.4 Å². The van der Waals surface area contributed by atoms with Crippen LogP contribution in [0.25, 0.3) is 0 Å². The number of aliphatic carboxylic acids is 1. The number of hydrogen-bond donors (Lipinski definition) is 2. The summed E-state index contributed by atoms with van der Waals surface area (Å²) in [5, 5.41) is 18.9. The van der Waals surface area contributed by atoms with Crippen molar-refractivity contribution in [3.05, 3.63) is 47.5 Å². The molecular formula is C14H16O3. The molecule has 90 valence electrons. The van der Waals surface area contributed by atoms with Crippen molar-refractivity contribution >= 4 is 5.97 Å². The average molecular weight is 232 g/mol. The molecule has 2 N–H and O–H groups in total. The van der Waals surface area contributed by atoms with E-state index in [1.54, 1.807) is 12.2 Å². The highest BCUT2D eigenvalue weighted by Crippen LogP contribution is 2.32. The van der Waals surface area contributed by atoms with Crippen LogP contribution in [0, 0.1) is 0 Å². The van der Waals surface area contributed by atoms with Gasteiger partial charge in [-0.3, -0.25) is 4.79 Å². The van der Waals surface area contributed by atoms with E-state index in [1.165, 1.54) is 11.1 Å². The fourth-order valence-corrected chi connectivity index (χ4v) is 2.31. The molecule has 0 aromatic heterocycles. The minimum Gasteiger partial charge on any atom is -0.481 e. The van der Waals surface area contributed by atoms with E-state index in [4.69, 9.17) is 5.11 Å². The zero-order valence-corrected chi connectivity index (χ0v) is 9.60. The highest BCUT2D eigenvalue weighted by Gasteiger charge is 2.33. The Morgan fingerprint density at radius 1 is 1.24 bits per heavy atom. The highest BCUT2D eigenvalue weighted by molar-refractivity contribution is 5.68. The predicted molar refractivity (Wildman–Crippen MR) is 64.8 cm³/mol. The Morgan fingerprint density at radius 2 is 1.82 bits per heavy atom. The number of rotatable bonds is 4. The van der Waals surface area contributed by atoms with Crippen molar-refractivity contribution in [2.75, 3.05) is 0 Å². The van der Waals surface area contributed by atoms with E-state index in [-0.39, 0.29) is 6.42 Å². The molecule has 0 fully saturated rings. The SMILES string of the molecule is O=C(O)C/C=C/CC1(O)Cc2ccccc2C1. The van der Waals surface area contributed by atoms with Crippen molar-refractivity contribution in [3.63, 3.8) is 0 Å². The van der Waals surface area contributed by atoms with Crippen LogP contribution in [0.2, 0.25) is 0 Å². The summed E-state index contributed by atoms with van der Waals surface area (Å²) in [5.74, 6) is -0.844. The molecular weight excluding hydrogens is 216 g/mol. The van der Waals surface area contributed by atoms with E-state index in [0.717, 1.165) is 0 Å². The molecule has 0 unspecified atom stereocenters. The molecule has 0 spiro atoms. The second-order valence-electron chi connectivity index (χ2n) is 4.62. The van der Waals surface area contributed by atoms with Gasteiger partial charge in [0, 0.05) is 12.8 Å². The van der Waals surface area contributed by atoms with E-state index in [9.17, 15) is 9.90 Å². The number of benzene rings is 1. The van der Waals surface area contributed by atoms with Crippen LogP contribution in [-0.4, -0.2) is 21.8 Å². The van der Waals surface area contributed by atoms with Crippen LogP contribution < -0.4 is 0 Å². The summed E-state index contributed by atoms with van der Waals surface area (Å²) in [7, 11) is 0. The van der Waals surface area contributed by atoms with E-state index < -0.39 is 11.6 Å². The number of fused-ring (bicyclic) bond motifs is 1. The third kappa shape index (κ3) is 2.94. The number of carboxylic acid groups (broad SMARTS) is 1. The van der Waals surface area contributed by atoms with Crippen molar-refractivity contribution in [3.8, 4) is 0 Å². The number of carboxylic acids is 1. The predicted octanol–water partition coefficient (Wildman–Crippen LogP) is 1.94. The van der Waals surface area contributed by atoms with Gasteiger partial charge in [-0.25, -0.2) is 0 Å². The zero-order valence-electron chi connectivity index (χ0n) is 9.60. The van der Waals surface area contributed by atoms with Crippen molar-refractivity contribution in [1.82, 2.24) is 0 Å². The third-order valence-electron chi connectivity index (χ3n) is 3.11. The van der Waals surface area contributed by atoms with Crippen molar-refractivity contribution in [2.24, 2.45) is 0 Å². The van der Waals surface area contributed by atoms with Crippen LogP contribution in [0.1, 0.15) is 24.0 Å². The van der Waals surface area contributed by atoms with Gasteiger partial charge in [0.25, 0.3) is 0 Å². The topological polar surface area (TPSA) is 57.5 Å². The molecule has 1 aromatic carbocycles. The van der Waals surface area contributed by atoms with Gasteiger partial charge in [0.2, 0.25) is 0 Å². The first-order valence-electron chi connectivity index (χ1n) is 5.75. The van der Waals surface area contributed by atoms with Gasteiger partial charge in [0.05, 0.1) is 12.0 Å². The Bertz CT molecular complexity index is 424. The van der Waals surface area contributed by atoms with E-state index >= 15 is 0 Å². The first kappa shape index (κ1) is 11.9. The monoisotopic (exact) mass is 232 g/mol. The maximum Gasteiger partial charge on any atom is 0.307 e. The summed E-state index contributed by atoms with van der Waals surface area (Å²) in [4.78, 5) is 10.3. The molecule has 1 aliphatic rings. The molecule has 2 rings (SSSR count). The summed E-state index contributed by atoms with van der Waals surface area (Å²) in [6.07, 6.45) is 5.20. The minimum atomic E-state index is -0.844. The highest BCUT2D eigenvalue weighted by atomic mass is 16.4. The van der Waals surface area contributed by atoms with Crippen molar-refractivity contribution in [2.45, 2.75) is 31.3 Å². The second kappa shape index (κ2) is 4.72. The third-order valence-corrected chi connectivity index (χ3v) is 3.11. The molecule has 0 bridgehead atoms. The summed E-state index contributed by atoms with van der Waals surface area (Å²) in [5.41, 5.74) is 1.65. The molecule has 0 radical (unpaired) electrons. The molecule has 3 nitrogen and oxygen atoms in total. The summed E-state index contributed by atoms with van der Waals surface area (Å²) >= 11 is 0. The van der Waals surface area contributed by atoms with E-state index in [1.807, 2.05) is 24.3 Å². The first-order chi connectivity index (χ1) is 8.09. The summed E-state index contributed by atoms with van der Waals surface area (Å²) in [6, 6.07) is 8.03. The fourth-order valence-electron chi connectivity index (χ4n) is 2.31. The molecule has 1 aliphatic carbocycles. The molecule has 1 aromatic rings. The van der Waals surface area contributed by atoms with Gasteiger partial charge in [-0.05, 0) is 17.5 Å². The number of aliphatic hydroxyl groups is 1. The van der Waals surface area contributed by atoms with Crippen molar-refractivity contribution in [1.29, 1.82) is 0 Å². The lowest BCUT2D eigenvalue weighted by molar-refractivity contribution is -0.136. The van der Waals surface area contributed by atoms with Gasteiger partial charge in [-0.15, -0.1) is 0 Å². The molecule has 0 amide bonds. The Kier molecular flexibility index (Phi) is 3.29. The quantitative estimate of drug-likeness (QED) is 0.780. The Morgan fingerprint density at radius 3 is 2.35 bits per heavy atom. The summed E-state index contributed by atoms with van der Waals surface area (Å²) in [6.45, 7) is 0. The molecule has 0 heterocycles.